The van der Waals surface area contributed by atoms with Crippen LogP contribution < -0.4 is 0 Å². The molecule has 0 unspecified atom stereocenters. The van der Waals surface area contributed by atoms with Gasteiger partial charge in [-0.25, -0.2) is 22.6 Å². The minimum absolute atomic E-state index is 0.109. The first kappa shape index (κ1) is 27.7. The number of carbonyl (C=O) groups excluding carboxylic acids is 2. The van der Waals surface area contributed by atoms with E-state index in [0.29, 0.717) is 11.3 Å². The maximum atomic E-state index is 14.5. The van der Waals surface area contributed by atoms with Gasteiger partial charge in [0.05, 0.1) is 17.4 Å². The van der Waals surface area contributed by atoms with E-state index in [9.17, 15) is 22.8 Å². The van der Waals surface area contributed by atoms with Gasteiger partial charge in [-0.1, -0.05) is 30.3 Å². The molecule has 3 aromatic rings. The molecule has 0 saturated carbocycles. The van der Waals surface area contributed by atoms with E-state index in [-0.39, 0.29) is 19.5 Å². The van der Waals surface area contributed by atoms with Gasteiger partial charge < -0.3 is 9.64 Å². The fraction of sp³-hybridized carbons (Fsp3) is 0.433. The Hall–Kier alpha value is -3.82. The zero-order valence-electron chi connectivity index (χ0n) is 22.8. The van der Waals surface area contributed by atoms with Crippen LogP contribution in [0.2, 0.25) is 0 Å². The van der Waals surface area contributed by atoms with E-state index >= 15 is 0 Å². The third kappa shape index (κ3) is 5.85. The van der Waals surface area contributed by atoms with Crippen LogP contribution in [0.4, 0.5) is 18.0 Å². The van der Waals surface area contributed by atoms with Gasteiger partial charge >= 0.3 is 6.09 Å². The number of likely N-dealkylation sites (tertiary alicyclic amines) is 2. The molecular weight excluding hydrogens is 521 g/mol. The number of benzene rings is 2. The molecule has 10 heteroatoms. The molecule has 0 bridgehead atoms. The molecule has 3 heterocycles. The van der Waals surface area contributed by atoms with Crippen molar-refractivity contribution in [2.75, 3.05) is 13.1 Å². The number of hydrogen-bond acceptors (Lipinski definition) is 4. The topological polar surface area (TPSA) is 67.7 Å². The van der Waals surface area contributed by atoms with Crippen LogP contribution in [0, 0.1) is 5.82 Å². The first-order valence-corrected chi connectivity index (χ1v) is 13.5. The van der Waals surface area contributed by atoms with Crippen molar-refractivity contribution in [3.63, 3.8) is 0 Å². The zero-order valence-corrected chi connectivity index (χ0v) is 22.8. The lowest BCUT2D eigenvalue weighted by Gasteiger charge is -2.37. The summed E-state index contributed by atoms with van der Waals surface area (Å²) < 4.78 is 49.7. The molecule has 2 aromatic carbocycles. The van der Waals surface area contributed by atoms with Gasteiger partial charge in [0.25, 0.3) is 5.92 Å². The van der Waals surface area contributed by atoms with Gasteiger partial charge in [-0.15, -0.1) is 0 Å². The number of nitrogens with zero attached hydrogens (tertiary/aromatic N) is 4. The van der Waals surface area contributed by atoms with Crippen LogP contribution >= 0.6 is 0 Å². The van der Waals surface area contributed by atoms with Crippen LogP contribution in [-0.4, -0.2) is 62.2 Å². The van der Waals surface area contributed by atoms with Crippen molar-refractivity contribution in [3.8, 4) is 5.69 Å². The van der Waals surface area contributed by atoms with E-state index in [4.69, 9.17) is 9.84 Å². The summed E-state index contributed by atoms with van der Waals surface area (Å²) >= 11 is 0. The Morgan fingerprint density at radius 3 is 2.35 bits per heavy atom. The molecule has 3 atom stereocenters. The van der Waals surface area contributed by atoms with Crippen LogP contribution in [0.3, 0.4) is 0 Å². The molecule has 0 radical (unpaired) electrons. The van der Waals surface area contributed by atoms with Gasteiger partial charge in [0, 0.05) is 38.0 Å². The summed E-state index contributed by atoms with van der Waals surface area (Å²) in [5.74, 6) is -4.22. The van der Waals surface area contributed by atoms with Crippen LogP contribution in [-0.2, 0) is 9.53 Å². The number of piperidine rings is 1. The molecule has 2 aliphatic heterocycles. The molecule has 5 rings (SSSR count). The molecule has 2 saturated heterocycles. The Kier molecular flexibility index (Phi) is 7.37. The van der Waals surface area contributed by atoms with E-state index in [2.05, 4.69) is 0 Å². The smallest absolute Gasteiger partial charge is 0.411 e. The quantitative estimate of drug-likeness (QED) is 0.391. The molecule has 2 fully saturated rings. The molecule has 2 amide bonds. The number of rotatable bonds is 4. The molecule has 2 aliphatic rings. The second kappa shape index (κ2) is 10.6. The van der Waals surface area contributed by atoms with E-state index in [1.807, 2.05) is 36.4 Å². The number of carbonyl (C=O) groups is 2. The highest BCUT2D eigenvalue weighted by Crippen LogP contribution is 2.48. The average Bonchev–Trinajstić information content (AvgIpc) is 3.53. The third-order valence-corrected chi connectivity index (χ3v) is 7.39. The Morgan fingerprint density at radius 2 is 1.70 bits per heavy atom. The van der Waals surface area contributed by atoms with Gasteiger partial charge in [0.2, 0.25) is 5.91 Å². The summed E-state index contributed by atoms with van der Waals surface area (Å²) in [6.07, 6.45) is 0.379. The number of halogens is 3. The van der Waals surface area contributed by atoms with E-state index in [0.717, 1.165) is 5.69 Å². The van der Waals surface area contributed by atoms with Crippen molar-refractivity contribution in [2.45, 2.75) is 69.6 Å². The molecule has 0 spiro atoms. The molecule has 0 N–H and O–H groups in total. The molecule has 212 valence electrons. The van der Waals surface area contributed by atoms with Gasteiger partial charge in [-0.3, -0.25) is 9.69 Å². The average molecular weight is 555 g/mol. The monoisotopic (exact) mass is 554 g/mol. The molecule has 7 nitrogen and oxygen atoms in total. The lowest BCUT2D eigenvalue weighted by Crippen LogP contribution is -2.52. The number of aromatic nitrogens is 2. The summed E-state index contributed by atoms with van der Waals surface area (Å²) in [7, 11) is 0. The molecule has 0 aliphatic carbocycles. The standard InChI is InChI=1S/C30H33F3N4O3/c1-29(2,3)40-28(39)37-25(27(38)35-16-13-30(32,33)14-17-35)19-23(26(37)20-8-7-9-21(31)18-20)24-12-15-36(34-24)22-10-5-4-6-11-22/h4-12,15,18,23,25-26H,13-14,16-17,19H2,1-3H3/t23-,25+,26+/m1/s1. The summed E-state index contributed by atoms with van der Waals surface area (Å²) in [4.78, 5) is 30.4. The van der Waals surface area contributed by atoms with Crippen LogP contribution in [0.1, 0.15) is 63.3 Å². The largest absolute Gasteiger partial charge is 0.444 e. The molecule has 1 aromatic heterocycles. The number of amides is 2. The summed E-state index contributed by atoms with van der Waals surface area (Å²) in [6, 6.07) is 15.5. The van der Waals surface area contributed by atoms with Crippen molar-refractivity contribution in [1.82, 2.24) is 19.6 Å². The minimum Gasteiger partial charge on any atom is -0.444 e. The van der Waals surface area contributed by atoms with E-state index < -0.39 is 60.2 Å². The van der Waals surface area contributed by atoms with Crippen molar-refractivity contribution in [1.29, 1.82) is 0 Å². The number of ether oxygens (including phenoxy) is 1. The third-order valence-electron chi connectivity index (χ3n) is 7.39. The molecular formula is C30H33F3N4O3. The normalized spacial score (nSPS) is 22.8. The van der Waals surface area contributed by atoms with Crippen molar-refractivity contribution in [2.24, 2.45) is 0 Å². The highest BCUT2D eigenvalue weighted by Gasteiger charge is 2.52. The summed E-state index contributed by atoms with van der Waals surface area (Å²) in [5, 5.41) is 4.77. The van der Waals surface area contributed by atoms with E-state index in [1.54, 1.807) is 43.8 Å². The fourth-order valence-corrected chi connectivity index (χ4v) is 5.54. The lowest BCUT2D eigenvalue weighted by molar-refractivity contribution is -0.142. The van der Waals surface area contributed by atoms with Crippen LogP contribution in [0.5, 0.6) is 0 Å². The van der Waals surface area contributed by atoms with Gasteiger partial charge in [0.1, 0.15) is 17.5 Å². The van der Waals surface area contributed by atoms with Crippen molar-refractivity contribution in [3.05, 3.63) is 83.9 Å². The van der Waals surface area contributed by atoms with E-state index in [1.165, 1.54) is 21.9 Å². The second-order valence-electron chi connectivity index (χ2n) is 11.4. The van der Waals surface area contributed by atoms with Crippen molar-refractivity contribution < 1.29 is 27.5 Å². The predicted octanol–water partition coefficient (Wildman–Crippen LogP) is 6.10. The molecule has 40 heavy (non-hydrogen) atoms. The first-order valence-electron chi connectivity index (χ1n) is 13.5. The summed E-state index contributed by atoms with van der Waals surface area (Å²) in [6.45, 7) is 4.95. The number of para-hydroxylation sites is 1. The van der Waals surface area contributed by atoms with Crippen molar-refractivity contribution >= 4 is 12.0 Å². The van der Waals surface area contributed by atoms with Crippen LogP contribution in [0.25, 0.3) is 5.69 Å². The Balaban J connectivity index is 1.57. The maximum Gasteiger partial charge on any atom is 0.411 e. The van der Waals surface area contributed by atoms with Gasteiger partial charge in [0.15, 0.2) is 0 Å². The fourth-order valence-electron chi connectivity index (χ4n) is 5.54. The summed E-state index contributed by atoms with van der Waals surface area (Å²) in [5.41, 5.74) is 1.08. The second-order valence-corrected chi connectivity index (χ2v) is 11.4. The highest BCUT2D eigenvalue weighted by molar-refractivity contribution is 5.87. The zero-order chi connectivity index (χ0) is 28.7. The van der Waals surface area contributed by atoms with Gasteiger partial charge in [-0.2, -0.15) is 5.10 Å². The highest BCUT2D eigenvalue weighted by atomic mass is 19.3. The number of alkyl halides is 2. The Labute approximate surface area is 231 Å². The van der Waals surface area contributed by atoms with Gasteiger partial charge in [-0.05, 0) is 63.1 Å². The number of hydrogen-bond donors (Lipinski definition) is 0. The lowest BCUT2D eigenvalue weighted by atomic mass is 9.90. The minimum atomic E-state index is -2.83. The maximum absolute atomic E-state index is 14.5. The Morgan fingerprint density at radius 1 is 1.00 bits per heavy atom. The van der Waals surface area contributed by atoms with Crippen LogP contribution in [0.15, 0.2) is 66.9 Å². The Bertz CT molecular complexity index is 1360. The predicted molar refractivity (Wildman–Crippen MR) is 143 cm³/mol. The first-order chi connectivity index (χ1) is 18.9. The SMILES string of the molecule is CC(C)(C)OC(=O)N1[C@H](C(=O)N2CCC(F)(F)CC2)C[C@H](c2ccn(-c3ccccc3)n2)[C@@H]1c1cccc(F)c1.